The molecule has 0 spiro atoms. The molecule has 28 heavy (non-hydrogen) atoms. The third kappa shape index (κ3) is 4.22. The highest BCUT2D eigenvalue weighted by molar-refractivity contribution is 5.88. The first-order valence-corrected chi connectivity index (χ1v) is 10.1. The lowest BCUT2D eigenvalue weighted by atomic mass is 9.86. The van der Waals surface area contributed by atoms with Crippen molar-refractivity contribution in [2.75, 3.05) is 33.9 Å². The quantitative estimate of drug-likeness (QED) is 0.815. The van der Waals surface area contributed by atoms with Crippen LogP contribution < -0.4 is 10.6 Å². The summed E-state index contributed by atoms with van der Waals surface area (Å²) in [7, 11) is 3.68. The summed E-state index contributed by atoms with van der Waals surface area (Å²) in [6.45, 7) is 8.97. The molecular formula is C20H33N5O3. The Labute approximate surface area is 167 Å². The highest BCUT2D eigenvalue weighted by Crippen LogP contribution is 2.33. The largest absolute Gasteiger partial charge is 0.381 e. The SMILES string of the molecule is CNC(=O)[C@@H](NC(=O)n1nc(C2CCOCC2)c2c1CCN(C)C2)C(C)(C)C. The van der Waals surface area contributed by atoms with Gasteiger partial charge in [0, 0.05) is 51.3 Å². The van der Waals surface area contributed by atoms with Crippen LogP contribution in [0.2, 0.25) is 0 Å². The summed E-state index contributed by atoms with van der Waals surface area (Å²) in [6.07, 6.45) is 2.63. The van der Waals surface area contributed by atoms with Gasteiger partial charge in [0.15, 0.2) is 0 Å². The van der Waals surface area contributed by atoms with Gasteiger partial charge in [-0.25, -0.2) is 4.79 Å². The Morgan fingerprint density at radius 1 is 1.25 bits per heavy atom. The maximum atomic E-state index is 13.1. The zero-order valence-electron chi connectivity index (χ0n) is 17.7. The molecule has 0 radical (unpaired) electrons. The minimum atomic E-state index is -0.636. The lowest BCUT2D eigenvalue weighted by molar-refractivity contribution is -0.124. The predicted molar refractivity (Wildman–Crippen MR) is 106 cm³/mol. The van der Waals surface area contributed by atoms with Gasteiger partial charge in [0.2, 0.25) is 5.91 Å². The smallest absolute Gasteiger partial charge is 0.342 e. The van der Waals surface area contributed by atoms with Gasteiger partial charge in [-0.2, -0.15) is 9.78 Å². The number of hydrogen-bond acceptors (Lipinski definition) is 5. The molecule has 1 aromatic heterocycles. The molecule has 1 fully saturated rings. The normalized spacial score (nSPS) is 19.8. The molecule has 2 aliphatic rings. The van der Waals surface area contributed by atoms with Crippen molar-refractivity contribution in [1.82, 2.24) is 25.3 Å². The van der Waals surface area contributed by atoms with Crippen LogP contribution in [0.5, 0.6) is 0 Å². The number of nitrogens with zero attached hydrogens (tertiary/aromatic N) is 3. The van der Waals surface area contributed by atoms with Gasteiger partial charge in [0.05, 0.1) is 11.4 Å². The first-order valence-electron chi connectivity index (χ1n) is 10.1. The van der Waals surface area contributed by atoms with Gasteiger partial charge in [-0.3, -0.25) is 4.79 Å². The van der Waals surface area contributed by atoms with Crippen LogP contribution >= 0.6 is 0 Å². The second-order valence-corrected chi connectivity index (χ2v) is 8.96. The lowest BCUT2D eigenvalue weighted by Crippen LogP contribution is -2.54. The van der Waals surface area contributed by atoms with Crippen LogP contribution in [0.15, 0.2) is 0 Å². The Bertz CT molecular complexity index is 731. The van der Waals surface area contributed by atoms with Crippen molar-refractivity contribution < 1.29 is 14.3 Å². The third-order valence-electron chi connectivity index (χ3n) is 5.72. The van der Waals surface area contributed by atoms with E-state index < -0.39 is 11.5 Å². The van der Waals surface area contributed by atoms with Crippen LogP contribution in [0.1, 0.15) is 56.5 Å². The summed E-state index contributed by atoms with van der Waals surface area (Å²) in [5.41, 5.74) is 2.75. The molecule has 156 valence electrons. The molecule has 2 amide bonds. The molecule has 2 N–H and O–H groups in total. The molecule has 3 rings (SSSR count). The molecule has 0 saturated carbocycles. The number of aromatic nitrogens is 2. The molecule has 1 saturated heterocycles. The van der Waals surface area contributed by atoms with E-state index in [1.54, 1.807) is 7.05 Å². The van der Waals surface area contributed by atoms with E-state index in [0.29, 0.717) is 5.92 Å². The van der Waals surface area contributed by atoms with Crippen LogP contribution in [0, 0.1) is 5.41 Å². The summed E-state index contributed by atoms with van der Waals surface area (Å²) >= 11 is 0. The summed E-state index contributed by atoms with van der Waals surface area (Å²) < 4.78 is 7.01. The summed E-state index contributed by atoms with van der Waals surface area (Å²) in [5.74, 6) is 0.117. The Morgan fingerprint density at radius 3 is 2.54 bits per heavy atom. The Kier molecular flexibility index (Phi) is 6.09. The van der Waals surface area contributed by atoms with Gasteiger partial charge in [-0.15, -0.1) is 0 Å². The average Bonchev–Trinajstić information content (AvgIpc) is 3.03. The van der Waals surface area contributed by atoms with Gasteiger partial charge in [0.1, 0.15) is 6.04 Å². The van der Waals surface area contributed by atoms with E-state index >= 15 is 0 Å². The van der Waals surface area contributed by atoms with Crippen molar-refractivity contribution in [2.45, 2.75) is 58.5 Å². The van der Waals surface area contributed by atoms with Crippen molar-refractivity contribution in [3.05, 3.63) is 17.0 Å². The van der Waals surface area contributed by atoms with Crippen LogP contribution in [0.4, 0.5) is 4.79 Å². The van der Waals surface area contributed by atoms with E-state index in [4.69, 9.17) is 9.84 Å². The molecule has 0 bridgehead atoms. The summed E-state index contributed by atoms with van der Waals surface area (Å²) in [6, 6.07) is -0.967. The molecule has 1 atom stereocenters. The molecule has 8 nitrogen and oxygen atoms in total. The van der Waals surface area contributed by atoms with Crippen molar-refractivity contribution in [3.63, 3.8) is 0 Å². The highest BCUT2D eigenvalue weighted by atomic mass is 16.5. The molecule has 8 heteroatoms. The lowest BCUT2D eigenvalue weighted by Gasteiger charge is -2.30. The zero-order valence-corrected chi connectivity index (χ0v) is 17.7. The Hall–Kier alpha value is -1.93. The van der Waals surface area contributed by atoms with E-state index in [-0.39, 0.29) is 11.9 Å². The standard InChI is InChI=1S/C20H33N5O3/c1-20(2,3)17(18(26)21-4)22-19(27)25-15-6-9-24(5)12-14(15)16(23-25)13-7-10-28-11-8-13/h13,17H,6-12H2,1-5H3,(H,21,26)(H,22,27)/t17-/m1/s1. The maximum absolute atomic E-state index is 13.1. The van der Waals surface area contributed by atoms with Gasteiger partial charge in [-0.1, -0.05) is 20.8 Å². The van der Waals surface area contributed by atoms with Gasteiger partial charge in [-0.05, 0) is 25.3 Å². The fourth-order valence-electron chi connectivity index (χ4n) is 4.05. The topological polar surface area (TPSA) is 88.5 Å². The van der Waals surface area contributed by atoms with Crippen LogP contribution in [0.25, 0.3) is 0 Å². The minimum Gasteiger partial charge on any atom is -0.381 e. The monoisotopic (exact) mass is 391 g/mol. The fraction of sp³-hybridized carbons (Fsp3) is 0.750. The fourth-order valence-corrected chi connectivity index (χ4v) is 4.05. The number of ether oxygens (including phenoxy) is 1. The molecule has 0 aromatic carbocycles. The number of carbonyl (C=O) groups is 2. The van der Waals surface area contributed by atoms with E-state index in [0.717, 1.165) is 57.0 Å². The molecule has 3 heterocycles. The van der Waals surface area contributed by atoms with Crippen molar-refractivity contribution in [3.8, 4) is 0 Å². The van der Waals surface area contributed by atoms with E-state index in [2.05, 4.69) is 22.6 Å². The van der Waals surface area contributed by atoms with Crippen LogP contribution in [-0.4, -0.2) is 66.5 Å². The molecule has 0 aliphatic carbocycles. The molecule has 2 aliphatic heterocycles. The van der Waals surface area contributed by atoms with Crippen molar-refractivity contribution >= 4 is 11.9 Å². The number of amides is 2. The highest BCUT2D eigenvalue weighted by Gasteiger charge is 2.35. The van der Waals surface area contributed by atoms with E-state index in [1.165, 1.54) is 10.2 Å². The number of hydrogen-bond donors (Lipinski definition) is 2. The number of nitrogens with one attached hydrogen (secondary N) is 2. The number of carbonyl (C=O) groups excluding carboxylic acids is 2. The predicted octanol–water partition coefficient (Wildman–Crippen LogP) is 1.48. The van der Waals surface area contributed by atoms with Gasteiger partial charge < -0.3 is 20.3 Å². The number of likely N-dealkylation sites (N-methyl/N-ethyl adjacent to an activating group) is 2. The Balaban J connectivity index is 1.92. The van der Waals surface area contributed by atoms with E-state index in [1.807, 2.05) is 20.8 Å². The van der Waals surface area contributed by atoms with Crippen molar-refractivity contribution in [1.29, 1.82) is 0 Å². The van der Waals surface area contributed by atoms with Crippen LogP contribution in [-0.2, 0) is 22.5 Å². The zero-order chi connectivity index (χ0) is 20.5. The van der Waals surface area contributed by atoms with Crippen LogP contribution in [0.3, 0.4) is 0 Å². The number of rotatable bonds is 3. The molecule has 1 aromatic rings. The first kappa shape index (κ1) is 20.8. The van der Waals surface area contributed by atoms with Gasteiger partial charge >= 0.3 is 6.03 Å². The van der Waals surface area contributed by atoms with E-state index in [9.17, 15) is 9.59 Å². The third-order valence-corrected chi connectivity index (χ3v) is 5.72. The number of fused-ring (bicyclic) bond motifs is 1. The minimum absolute atomic E-state index is 0.203. The molecule has 0 unspecified atom stereocenters. The summed E-state index contributed by atoms with van der Waals surface area (Å²) in [5, 5.41) is 10.3. The van der Waals surface area contributed by atoms with Crippen molar-refractivity contribution in [2.24, 2.45) is 5.41 Å². The second-order valence-electron chi connectivity index (χ2n) is 8.96. The average molecular weight is 392 g/mol. The summed E-state index contributed by atoms with van der Waals surface area (Å²) in [4.78, 5) is 27.7. The molecular weight excluding hydrogens is 358 g/mol. The van der Waals surface area contributed by atoms with Gasteiger partial charge in [0.25, 0.3) is 0 Å². The maximum Gasteiger partial charge on any atom is 0.342 e. The second kappa shape index (κ2) is 8.21. The first-order chi connectivity index (χ1) is 13.2. The Morgan fingerprint density at radius 2 is 1.93 bits per heavy atom.